The molecule has 13 rings (SSSR count). The molecule has 0 aliphatic heterocycles. The Hall–Kier alpha value is -7.26. The number of rotatable bonds is 4. The third-order valence-corrected chi connectivity index (χ3v) is 14.2. The van der Waals surface area contributed by atoms with Crippen LogP contribution in [0.5, 0.6) is 0 Å². The summed E-state index contributed by atoms with van der Waals surface area (Å²) in [7, 11) is 0. The van der Waals surface area contributed by atoms with Crippen molar-refractivity contribution in [2.75, 3.05) is 0 Å². The second-order valence-corrected chi connectivity index (χ2v) is 17.2. The maximum absolute atomic E-state index is 7.12. The Morgan fingerprint density at radius 1 is 0.417 bits per heavy atom. The molecule has 0 saturated heterocycles. The lowest BCUT2D eigenvalue weighted by atomic mass is 9.66. The number of allylic oxidation sites excluding steroid dienone is 5. The van der Waals surface area contributed by atoms with E-state index >= 15 is 0 Å². The van der Waals surface area contributed by atoms with Gasteiger partial charge in [0.1, 0.15) is 11.2 Å². The number of benzene rings is 9. The predicted octanol–water partition coefficient (Wildman–Crippen LogP) is 16.3. The molecule has 9 aromatic carbocycles. The second kappa shape index (κ2) is 13.1. The summed E-state index contributed by atoms with van der Waals surface area (Å²) in [6, 6.07) is 66.9. The van der Waals surface area contributed by atoms with E-state index in [1.54, 1.807) is 0 Å². The molecule has 2 heteroatoms. The summed E-state index contributed by atoms with van der Waals surface area (Å²) >= 11 is 1.90. The molecule has 0 fully saturated rings. The average Bonchev–Trinajstić information content (AvgIpc) is 3.90. The summed E-state index contributed by atoms with van der Waals surface area (Å²) in [4.78, 5) is 0. The van der Waals surface area contributed by atoms with Crippen molar-refractivity contribution in [1.82, 2.24) is 0 Å². The van der Waals surface area contributed by atoms with Gasteiger partial charge in [0.2, 0.25) is 0 Å². The van der Waals surface area contributed by atoms with Crippen LogP contribution in [0.1, 0.15) is 28.2 Å². The fourth-order valence-electron chi connectivity index (χ4n) is 10.8. The van der Waals surface area contributed by atoms with Crippen LogP contribution in [0.15, 0.2) is 216 Å². The van der Waals surface area contributed by atoms with Gasteiger partial charge in [-0.3, -0.25) is 0 Å². The van der Waals surface area contributed by atoms with Crippen molar-refractivity contribution in [2.24, 2.45) is 5.92 Å². The number of furan rings is 1. The first-order chi connectivity index (χ1) is 29.8. The molecule has 1 nitrogen and oxygen atoms in total. The number of hydrogen-bond donors (Lipinski definition) is 0. The monoisotopic (exact) mass is 780 g/mol. The van der Waals surface area contributed by atoms with Gasteiger partial charge in [-0.25, -0.2) is 0 Å². The molecule has 0 amide bonds. The molecule has 2 aliphatic rings. The van der Waals surface area contributed by atoms with Crippen LogP contribution < -0.4 is 0 Å². The molecule has 11 aromatic rings. The van der Waals surface area contributed by atoms with Crippen molar-refractivity contribution in [1.29, 1.82) is 0 Å². The maximum atomic E-state index is 7.12. The van der Waals surface area contributed by atoms with E-state index in [2.05, 4.69) is 206 Å². The highest BCUT2D eigenvalue weighted by atomic mass is 32.1. The standard InChI is InChI=1S/C58H36OS/c1-2-17-35(18-3-1)52-36-19-4-6-21-38(36)55(39-22-7-5-20-37(39)52)47-30-14-31-48-56-45(28-15-32-49(56)59-58(47)48)53-40-23-8-10-25-42(40)54(43-26-11-9-24-41(43)53)46-29-16-34-51-57(46)44-27-12-13-33-50(44)60-51/h1-34,42,54H. The van der Waals surface area contributed by atoms with E-state index in [0.717, 1.165) is 27.5 Å². The fourth-order valence-corrected chi connectivity index (χ4v) is 11.9. The highest BCUT2D eigenvalue weighted by Gasteiger charge is 2.37. The lowest BCUT2D eigenvalue weighted by molar-refractivity contribution is 0.653. The molecule has 2 heterocycles. The minimum absolute atomic E-state index is 0.161. The maximum Gasteiger partial charge on any atom is 0.143 e. The number of fused-ring (bicyclic) bond motifs is 10. The Labute approximate surface area is 351 Å². The van der Waals surface area contributed by atoms with Crippen molar-refractivity contribution in [3.05, 3.63) is 234 Å². The zero-order valence-electron chi connectivity index (χ0n) is 32.6. The normalized spacial score (nSPS) is 16.1. The van der Waals surface area contributed by atoms with E-state index < -0.39 is 0 Å². The average molecular weight is 781 g/mol. The first-order valence-corrected chi connectivity index (χ1v) is 21.7. The molecule has 0 N–H and O–H groups in total. The van der Waals surface area contributed by atoms with Gasteiger partial charge in [-0.1, -0.05) is 188 Å². The van der Waals surface area contributed by atoms with Crippen LogP contribution in [0.25, 0.3) is 91.5 Å². The van der Waals surface area contributed by atoms with Gasteiger partial charge in [-0.2, -0.15) is 0 Å². The van der Waals surface area contributed by atoms with E-state index in [9.17, 15) is 0 Å². The van der Waals surface area contributed by atoms with E-state index in [1.807, 2.05) is 11.3 Å². The molecule has 60 heavy (non-hydrogen) atoms. The second-order valence-electron chi connectivity index (χ2n) is 16.2. The molecular formula is C58H36OS. The molecule has 2 atom stereocenters. The fraction of sp³-hybridized carbons (Fsp3) is 0.0345. The minimum Gasteiger partial charge on any atom is -0.455 e. The Balaban J connectivity index is 1.07. The Bertz CT molecular complexity index is 3610. The SMILES string of the molecule is C1=CC2=C(c3cccc4oc5c(-c6c7ccccc7c(-c7ccccc7)c7ccccc67)cccc5c34)c3ccccc3C(c3cccc4sc5ccccc5c34)C2C=C1. The van der Waals surface area contributed by atoms with Gasteiger partial charge in [0, 0.05) is 53.9 Å². The van der Waals surface area contributed by atoms with Crippen LogP contribution in [0.4, 0.5) is 0 Å². The zero-order chi connectivity index (χ0) is 39.3. The van der Waals surface area contributed by atoms with Gasteiger partial charge < -0.3 is 4.42 Å². The van der Waals surface area contributed by atoms with E-state index in [-0.39, 0.29) is 11.8 Å². The molecule has 0 spiro atoms. The van der Waals surface area contributed by atoms with Gasteiger partial charge in [-0.05, 0) is 84.3 Å². The topological polar surface area (TPSA) is 13.1 Å². The molecule has 2 aromatic heterocycles. The van der Waals surface area contributed by atoms with Crippen LogP contribution in [0.2, 0.25) is 0 Å². The van der Waals surface area contributed by atoms with Crippen molar-refractivity contribution >= 4 is 80.6 Å². The first kappa shape index (κ1) is 33.7. The van der Waals surface area contributed by atoms with E-state index in [1.165, 1.54) is 91.8 Å². The van der Waals surface area contributed by atoms with Crippen LogP contribution in [0, 0.1) is 5.92 Å². The van der Waals surface area contributed by atoms with Crippen LogP contribution in [0.3, 0.4) is 0 Å². The van der Waals surface area contributed by atoms with Crippen LogP contribution in [-0.4, -0.2) is 0 Å². The van der Waals surface area contributed by atoms with Gasteiger partial charge in [-0.15, -0.1) is 11.3 Å². The highest BCUT2D eigenvalue weighted by Crippen LogP contribution is 2.54. The predicted molar refractivity (Wildman–Crippen MR) is 255 cm³/mol. The third kappa shape index (κ3) is 4.80. The minimum atomic E-state index is 0.161. The van der Waals surface area contributed by atoms with Crippen molar-refractivity contribution in [2.45, 2.75) is 5.92 Å². The zero-order valence-corrected chi connectivity index (χ0v) is 33.4. The summed E-state index contributed by atoms with van der Waals surface area (Å²) < 4.78 is 9.81. The molecule has 2 aliphatic carbocycles. The lowest BCUT2D eigenvalue weighted by Crippen LogP contribution is -2.23. The highest BCUT2D eigenvalue weighted by molar-refractivity contribution is 7.25. The largest absolute Gasteiger partial charge is 0.455 e. The quantitative estimate of drug-likeness (QED) is 0.162. The molecule has 0 bridgehead atoms. The van der Waals surface area contributed by atoms with E-state index in [0.29, 0.717) is 0 Å². The summed E-state index contributed by atoms with van der Waals surface area (Å²) in [5, 5.41) is 9.93. The molecule has 0 saturated carbocycles. The van der Waals surface area contributed by atoms with E-state index in [4.69, 9.17) is 4.42 Å². The summed E-state index contributed by atoms with van der Waals surface area (Å²) in [6.45, 7) is 0. The summed E-state index contributed by atoms with van der Waals surface area (Å²) in [5.41, 5.74) is 14.5. The summed E-state index contributed by atoms with van der Waals surface area (Å²) in [6.07, 6.45) is 9.27. The summed E-state index contributed by atoms with van der Waals surface area (Å²) in [5.74, 6) is 0.323. The molecule has 2 unspecified atom stereocenters. The van der Waals surface area contributed by atoms with Gasteiger partial charge in [0.25, 0.3) is 0 Å². The number of hydrogen-bond acceptors (Lipinski definition) is 2. The smallest absolute Gasteiger partial charge is 0.143 e. The number of thiophene rings is 1. The van der Waals surface area contributed by atoms with Crippen molar-refractivity contribution < 1.29 is 4.42 Å². The Morgan fingerprint density at radius 3 is 1.83 bits per heavy atom. The molecule has 0 radical (unpaired) electrons. The lowest BCUT2D eigenvalue weighted by Gasteiger charge is -2.37. The first-order valence-electron chi connectivity index (χ1n) is 20.8. The number of para-hydroxylation sites is 1. The van der Waals surface area contributed by atoms with Crippen molar-refractivity contribution in [3.63, 3.8) is 0 Å². The van der Waals surface area contributed by atoms with Gasteiger partial charge in [0.05, 0.1) is 0 Å². The molecule has 280 valence electrons. The Kier molecular flexibility index (Phi) is 7.37. The van der Waals surface area contributed by atoms with Gasteiger partial charge in [0.15, 0.2) is 0 Å². The van der Waals surface area contributed by atoms with Crippen LogP contribution >= 0.6 is 11.3 Å². The van der Waals surface area contributed by atoms with Gasteiger partial charge >= 0.3 is 0 Å². The Morgan fingerprint density at radius 2 is 1.02 bits per heavy atom. The van der Waals surface area contributed by atoms with Crippen LogP contribution in [-0.2, 0) is 0 Å². The van der Waals surface area contributed by atoms with Crippen molar-refractivity contribution in [3.8, 4) is 22.3 Å². The molecular weight excluding hydrogens is 745 g/mol. The third-order valence-electron chi connectivity index (χ3n) is 13.1.